The largest absolute Gasteiger partial charge is 0.336 e. The molecule has 1 fully saturated rings. The molecule has 19 heavy (non-hydrogen) atoms. The normalized spacial score (nSPS) is 14.8. The van der Waals surface area contributed by atoms with Crippen LogP contribution in [0.1, 0.15) is 10.4 Å². The Morgan fingerprint density at radius 2 is 2.05 bits per heavy atom. The molecule has 3 rings (SSSR count). The molecule has 1 N–H and O–H groups in total. The number of hydrogen-bond donors (Lipinski definition) is 1. The highest BCUT2D eigenvalue weighted by Crippen LogP contribution is 2.25. The summed E-state index contributed by atoms with van der Waals surface area (Å²) in [5, 5.41) is 4.35. The monoisotopic (exact) mass is 275 g/mol. The number of halogens is 1. The van der Waals surface area contributed by atoms with Gasteiger partial charge < -0.3 is 5.32 Å². The summed E-state index contributed by atoms with van der Waals surface area (Å²) >= 11 is 6.01. The van der Waals surface area contributed by atoms with Gasteiger partial charge in [-0.2, -0.15) is 0 Å². The fourth-order valence-electron chi connectivity index (χ4n) is 2.14. The van der Waals surface area contributed by atoms with Crippen LogP contribution in [-0.4, -0.2) is 34.9 Å². The summed E-state index contributed by atoms with van der Waals surface area (Å²) in [4.78, 5) is 29.1. The summed E-state index contributed by atoms with van der Waals surface area (Å²) in [6.45, 7) is 0.845. The molecule has 5 nitrogen and oxygen atoms in total. The minimum Gasteiger partial charge on any atom is -0.336 e. The van der Waals surface area contributed by atoms with Gasteiger partial charge in [0.15, 0.2) is 0 Å². The number of benzene rings is 1. The number of carbonyl (C=O) groups is 2. The second-order valence-corrected chi connectivity index (χ2v) is 4.56. The van der Waals surface area contributed by atoms with Crippen molar-refractivity contribution in [1.82, 2.24) is 15.2 Å². The summed E-state index contributed by atoms with van der Waals surface area (Å²) in [6, 6.07) is 6.87. The van der Waals surface area contributed by atoms with Crippen LogP contribution in [-0.2, 0) is 0 Å². The van der Waals surface area contributed by atoms with Crippen LogP contribution in [0.5, 0.6) is 0 Å². The van der Waals surface area contributed by atoms with Crippen molar-refractivity contribution in [2.75, 3.05) is 13.1 Å². The molecule has 0 bridgehead atoms. The Labute approximate surface area is 114 Å². The molecule has 1 aliphatic heterocycles. The summed E-state index contributed by atoms with van der Waals surface area (Å²) in [6.07, 6.45) is 1.42. The first-order chi connectivity index (χ1) is 9.18. The molecule has 2 aromatic rings. The molecule has 0 unspecified atom stereocenters. The zero-order valence-corrected chi connectivity index (χ0v) is 10.6. The van der Waals surface area contributed by atoms with Gasteiger partial charge in [0.05, 0.1) is 5.56 Å². The highest BCUT2D eigenvalue weighted by molar-refractivity contribution is 6.34. The lowest BCUT2D eigenvalue weighted by Crippen LogP contribution is -2.34. The van der Waals surface area contributed by atoms with Crippen molar-refractivity contribution in [1.29, 1.82) is 0 Å². The SMILES string of the molecule is O=C1NCCN1C(=O)c1cnc(Cl)c2ccccc12. The molecule has 6 heteroatoms. The van der Waals surface area contributed by atoms with E-state index in [9.17, 15) is 9.59 Å². The smallest absolute Gasteiger partial charge is 0.324 e. The number of nitrogens with one attached hydrogen (secondary N) is 1. The minimum absolute atomic E-state index is 0.345. The molecule has 3 amide bonds. The Hall–Kier alpha value is -2.14. The van der Waals surface area contributed by atoms with Crippen molar-refractivity contribution in [2.24, 2.45) is 0 Å². The molecule has 2 heterocycles. The third kappa shape index (κ3) is 1.92. The number of aromatic nitrogens is 1. The van der Waals surface area contributed by atoms with Gasteiger partial charge in [0.2, 0.25) is 0 Å². The number of hydrogen-bond acceptors (Lipinski definition) is 3. The molecular formula is C13H10ClN3O2. The number of carbonyl (C=O) groups excluding carboxylic acids is 2. The van der Waals surface area contributed by atoms with Gasteiger partial charge in [0, 0.05) is 24.7 Å². The van der Waals surface area contributed by atoms with Gasteiger partial charge >= 0.3 is 6.03 Å². The topological polar surface area (TPSA) is 62.3 Å². The average Bonchev–Trinajstić information content (AvgIpc) is 2.85. The molecule has 96 valence electrons. The number of amides is 3. The molecule has 1 aromatic carbocycles. The fourth-order valence-corrected chi connectivity index (χ4v) is 2.35. The molecule has 0 aliphatic carbocycles. The zero-order chi connectivity index (χ0) is 13.4. The van der Waals surface area contributed by atoms with Crippen molar-refractivity contribution < 1.29 is 9.59 Å². The van der Waals surface area contributed by atoms with Gasteiger partial charge in [-0.15, -0.1) is 0 Å². The van der Waals surface area contributed by atoms with Crippen molar-refractivity contribution in [2.45, 2.75) is 0 Å². The number of nitrogens with zero attached hydrogens (tertiary/aromatic N) is 2. The Morgan fingerprint density at radius 1 is 1.32 bits per heavy atom. The van der Waals surface area contributed by atoms with Crippen LogP contribution in [0.4, 0.5) is 4.79 Å². The summed E-state index contributed by atoms with van der Waals surface area (Å²) in [7, 11) is 0. The van der Waals surface area contributed by atoms with E-state index in [0.717, 1.165) is 0 Å². The maximum absolute atomic E-state index is 12.4. The second-order valence-electron chi connectivity index (χ2n) is 4.20. The minimum atomic E-state index is -0.371. The van der Waals surface area contributed by atoms with Gasteiger partial charge in [-0.3, -0.25) is 9.69 Å². The molecule has 0 saturated carbocycles. The van der Waals surface area contributed by atoms with E-state index in [1.165, 1.54) is 11.1 Å². The highest BCUT2D eigenvalue weighted by atomic mass is 35.5. The van der Waals surface area contributed by atoms with Crippen LogP contribution in [0.25, 0.3) is 10.8 Å². The number of rotatable bonds is 1. The van der Waals surface area contributed by atoms with Crippen molar-refractivity contribution >= 4 is 34.3 Å². The van der Waals surface area contributed by atoms with E-state index in [2.05, 4.69) is 10.3 Å². The third-order valence-corrected chi connectivity index (χ3v) is 3.38. The quantitative estimate of drug-likeness (QED) is 0.810. The lowest BCUT2D eigenvalue weighted by atomic mass is 10.1. The summed E-state index contributed by atoms with van der Waals surface area (Å²) in [5.74, 6) is -0.352. The number of pyridine rings is 1. The maximum Gasteiger partial charge on any atom is 0.324 e. The lowest BCUT2D eigenvalue weighted by Gasteiger charge is -2.13. The predicted octanol–water partition coefficient (Wildman–Crippen LogP) is 2.05. The van der Waals surface area contributed by atoms with Gasteiger partial charge in [-0.25, -0.2) is 9.78 Å². The van der Waals surface area contributed by atoms with E-state index in [1.54, 1.807) is 12.1 Å². The second kappa shape index (κ2) is 4.51. The standard InChI is InChI=1S/C13H10ClN3O2/c14-11-9-4-2-1-3-8(9)10(7-16-11)12(18)17-6-5-15-13(17)19/h1-4,7H,5-6H2,(H,15,19). The Morgan fingerprint density at radius 3 is 2.74 bits per heavy atom. The van der Waals surface area contributed by atoms with Crippen LogP contribution in [0.2, 0.25) is 5.15 Å². The van der Waals surface area contributed by atoms with E-state index in [4.69, 9.17) is 11.6 Å². The first-order valence-electron chi connectivity index (χ1n) is 5.81. The Bertz CT molecular complexity index is 687. The van der Waals surface area contributed by atoms with Crippen molar-refractivity contribution in [3.63, 3.8) is 0 Å². The number of fused-ring (bicyclic) bond motifs is 1. The first-order valence-corrected chi connectivity index (χ1v) is 6.19. The average molecular weight is 276 g/mol. The molecule has 1 saturated heterocycles. The van der Waals surface area contributed by atoms with Gasteiger partial charge in [0.1, 0.15) is 5.15 Å². The molecule has 1 aromatic heterocycles. The van der Waals surface area contributed by atoms with E-state index < -0.39 is 0 Å². The molecule has 0 radical (unpaired) electrons. The van der Waals surface area contributed by atoms with E-state index in [1.807, 2.05) is 12.1 Å². The predicted molar refractivity (Wildman–Crippen MR) is 71.2 cm³/mol. The number of imide groups is 1. The highest BCUT2D eigenvalue weighted by Gasteiger charge is 2.28. The zero-order valence-electron chi connectivity index (χ0n) is 9.89. The van der Waals surface area contributed by atoms with Crippen LogP contribution in [0, 0.1) is 0 Å². The third-order valence-electron chi connectivity index (χ3n) is 3.08. The lowest BCUT2D eigenvalue weighted by molar-refractivity contribution is 0.0831. The summed E-state index contributed by atoms with van der Waals surface area (Å²) in [5.41, 5.74) is 0.386. The van der Waals surface area contributed by atoms with Gasteiger partial charge in [-0.1, -0.05) is 35.9 Å². The van der Waals surface area contributed by atoms with Crippen LogP contribution in [0.3, 0.4) is 0 Å². The van der Waals surface area contributed by atoms with E-state index in [0.29, 0.717) is 34.6 Å². The van der Waals surface area contributed by atoms with Crippen molar-refractivity contribution in [3.8, 4) is 0 Å². The number of urea groups is 1. The summed E-state index contributed by atoms with van der Waals surface area (Å²) < 4.78 is 0. The van der Waals surface area contributed by atoms with Gasteiger partial charge in [0.25, 0.3) is 5.91 Å². The molecule has 0 spiro atoms. The molecular weight excluding hydrogens is 266 g/mol. The van der Waals surface area contributed by atoms with E-state index >= 15 is 0 Å². The van der Waals surface area contributed by atoms with E-state index in [-0.39, 0.29) is 11.9 Å². The Balaban J connectivity index is 2.13. The fraction of sp³-hybridized carbons (Fsp3) is 0.154. The van der Waals surface area contributed by atoms with Crippen LogP contribution < -0.4 is 5.32 Å². The van der Waals surface area contributed by atoms with Crippen LogP contribution in [0.15, 0.2) is 30.5 Å². The van der Waals surface area contributed by atoms with Crippen molar-refractivity contribution in [3.05, 3.63) is 41.2 Å². The first kappa shape index (κ1) is 11.9. The molecule has 0 atom stereocenters. The Kier molecular flexibility index (Phi) is 2.83. The van der Waals surface area contributed by atoms with Crippen LogP contribution >= 0.6 is 11.6 Å². The molecule has 1 aliphatic rings. The maximum atomic E-state index is 12.4. The van der Waals surface area contributed by atoms with Gasteiger partial charge in [-0.05, 0) is 5.39 Å².